The number of aromatic nitrogens is 2. The van der Waals surface area contributed by atoms with Gasteiger partial charge in [-0.2, -0.15) is 4.98 Å². The van der Waals surface area contributed by atoms with Gasteiger partial charge in [-0.1, -0.05) is 6.92 Å². The van der Waals surface area contributed by atoms with E-state index in [-0.39, 0.29) is 18.5 Å². The van der Waals surface area contributed by atoms with Gasteiger partial charge in [-0.15, -0.1) is 0 Å². The molecular weight excluding hydrogens is 210 g/mol. The maximum atomic E-state index is 11.5. The van der Waals surface area contributed by atoms with Crippen LogP contribution in [-0.2, 0) is 4.74 Å². The lowest BCUT2D eigenvalue weighted by Crippen LogP contribution is -2.30. The minimum absolute atomic E-state index is 0.0714. The molecule has 1 aromatic rings. The zero-order valence-electron chi connectivity index (χ0n) is 9.46. The summed E-state index contributed by atoms with van der Waals surface area (Å²) in [4.78, 5) is 15.1. The van der Waals surface area contributed by atoms with E-state index in [4.69, 9.17) is 15.6 Å². The molecule has 0 aliphatic rings. The Morgan fingerprint density at radius 3 is 2.88 bits per heavy atom. The van der Waals surface area contributed by atoms with Crippen LogP contribution in [0.25, 0.3) is 0 Å². The maximum Gasteiger partial charge on any atom is 0.351 e. The highest BCUT2D eigenvalue weighted by Crippen LogP contribution is 2.10. The van der Waals surface area contributed by atoms with Crippen LogP contribution in [0.3, 0.4) is 0 Å². The molecule has 6 nitrogen and oxygen atoms in total. The average Bonchev–Trinajstić information content (AvgIpc) is 2.25. The predicted molar refractivity (Wildman–Crippen MR) is 59.9 cm³/mol. The Labute approximate surface area is 93.7 Å². The van der Waals surface area contributed by atoms with Crippen LogP contribution < -0.4 is 11.4 Å². The minimum atomic E-state index is -0.474. The number of nitrogens with zero attached hydrogens (tertiary/aromatic N) is 2. The second kappa shape index (κ2) is 5.62. The largest absolute Gasteiger partial charge is 0.394 e. The number of hydrogen-bond acceptors (Lipinski definition) is 5. The van der Waals surface area contributed by atoms with Crippen molar-refractivity contribution in [2.45, 2.75) is 32.6 Å². The van der Waals surface area contributed by atoms with E-state index in [2.05, 4.69) is 4.98 Å². The molecule has 0 fully saturated rings. The van der Waals surface area contributed by atoms with Crippen LogP contribution in [0.2, 0.25) is 0 Å². The lowest BCUT2D eigenvalue weighted by molar-refractivity contribution is -0.0682. The molecule has 0 aliphatic carbocycles. The normalized spacial score (nSPS) is 14.7. The Kier molecular flexibility index (Phi) is 4.45. The van der Waals surface area contributed by atoms with Crippen LogP contribution in [0.5, 0.6) is 0 Å². The molecule has 1 aromatic heterocycles. The Hall–Kier alpha value is -1.40. The molecule has 3 N–H and O–H groups in total. The Morgan fingerprint density at radius 1 is 1.69 bits per heavy atom. The van der Waals surface area contributed by atoms with Gasteiger partial charge >= 0.3 is 5.69 Å². The monoisotopic (exact) mass is 227 g/mol. The number of hydrogen-bond donors (Lipinski definition) is 2. The first-order chi connectivity index (χ1) is 7.58. The van der Waals surface area contributed by atoms with Gasteiger partial charge < -0.3 is 15.6 Å². The first kappa shape index (κ1) is 12.7. The zero-order valence-corrected chi connectivity index (χ0v) is 9.46. The Bertz CT molecular complexity index is 387. The molecule has 0 saturated carbocycles. The topological polar surface area (TPSA) is 90.4 Å². The molecule has 16 heavy (non-hydrogen) atoms. The Balaban J connectivity index is 2.80. The number of rotatable bonds is 5. The summed E-state index contributed by atoms with van der Waals surface area (Å²) in [5, 5.41) is 8.99. The van der Waals surface area contributed by atoms with Crippen molar-refractivity contribution >= 4 is 5.82 Å². The van der Waals surface area contributed by atoms with Gasteiger partial charge in [0.15, 0.2) is 0 Å². The smallest absolute Gasteiger partial charge is 0.351 e. The standard InChI is InChI=1S/C10H17N3O3/c1-3-8(6-14)16-7(2)13-5-4-9(11)12-10(13)15/h4-5,7-8,14H,3,6H2,1-2H3,(H2,11,12,15). The molecule has 0 saturated heterocycles. The fourth-order valence-electron chi connectivity index (χ4n) is 1.32. The second-order valence-corrected chi connectivity index (χ2v) is 3.49. The molecule has 6 heteroatoms. The summed E-state index contributed by atoms with van der Waals surface area (Å²) in [5.74, 6) is 0.183. The Morgan fingerprint density at radius 2 is 2.38 bits per heavy atom. The van der Waals surface area contributed by atoms with E-state index in [1.165, 1.54) is 16.8 Å². The van der Waals surface area contributed by atoms with Crippen molar-refractivity contribution in [3.63, 3.8) is 0 Å². The number of nitrogens with two attached hydrogens (primary N) is 1. The van der Waals surface area contributed by atoms with Gasteiger partial charge in [-0.25, -0.2) is 4.79 Å². The van der Waals surface area contributed by atoms with E-state index in [1.54, 1.807) is 6.92 Å². The molecule has 0 amide bonds. The number of anilines is 1. The van der Waals surface area contributed by atoms with Crippen molar-refractivity contribution in [3.8, 4) is 0 Å². The van der Waals surface area contributed by atoms with E-state index in [0.29, 0.717) is 6.42 Å². The van der Waals surface area contributed by atoms with E-state index in [1.807, 2.05) is 6.92 Å². The van der Waals surface area contributed by atoms with Crippen molar-refractivity contribution in [3.05, 3.63) is 22.7 Å². The summed E-state index contributed by atoms with van der Waals surface area (Å²) in [6, 6.07) is 1.53. The molecule has 0 bridgehead atoms. The maximum absolute atomic E-state index is 11.5. The molecule has 90 valence electrons. The molecular formula is C10H17N3O3. The number of aliphatic hydroxyl groups excluding tert-OH is 1. The SMILES string of the molecule is CCC(CO)OC(C)n1ccc(N)nc1=O. The van der Waals surface area contributed by atoms with E-state index in [0.717, 1.165) is 0 Å². The lowest BCUT2D eigenvalue weighted by Gasteiger charge is -2.20. The summed E-state index contributed by atoms with van der Waals surface area (Å²) in [6.07, 6.45) is 1.45. The van der Waals surface area contributed by atoms with Crippen LogP contribution in [0, 0.1) is 0 Å². The van der Waals surface area contributed by atoms with E-state index < -0.39 is 11.9 Å². The predicted octanol–water partition coefficient (Wildman–Crippen LogP) is 0.132. The first-order valence-electron chi connectivity index (χ1n) is 5.19. The lowest BCUT2D eigenvalue weighted by atomic mass is 10.3. The summed E-state index contributed by atoms with van der Waals surface area (Å²) < 4.78 is 6.82. The highest BCUT2D eigenvalue weighted by Gasteiger charge is 2.13. The third-order valence-electron chi connectivity index (χ3n) is 2.29. The van der Waals surface area contributed by atoms with Gasteiger partial charge in [0.2, 0.25) is 0 Å². The van der Waals surface area contributed by atoms with E-state index in [9.17, 15) is 4.79 Å². The van der Waals surface area contributed by atoms with Crippen LogP contribution in [-0.4, -0.2) is 27.4 Å². The van der Waals surface area contributed by atoms with Crippen molar-refractivity contribution < 1.29 is 9.84 Å². The van der Waals surface area contributed by atoms with Gasteiger partial charge in [0.05, 0.1) is 12.7 Å². The summed E-state index contributed by atoms with van der Waals surface area (Å²) >= 11 is 0. The van der Waals surface area contributed by atoms with Gasteiger partial charge in [0.25, 0.3) is 0 Å². The number of ether oxygens (including phenoxy) is 1. The van der Waals surface area contributed by atoms with Gasteiger partial charge in [0, 0.05) is 6.20 Å². The molecule has 2 atom stereocenters. The van der Waals surface area contributed by atoms with Crippen LogP contribution in [0.15, 0.2) is 17.1 Å². The molecule has 0 spiro atoms. The highest BCUT2D eigenvalue weighted by atomic mass is 16.5. The quantitative estimate of drug-likeness (QED) is 0.746. The van der Waals surface area contributed by atoms with Crippen molar-refractivity contribution in [2.24, 2.45) is 0 Å². The van der Waals surface area contributed by atoms with Crippen molar-refractivity contribution in [1.82, 2.24) is 9.55 Å². The molecule has 0 aliphatic heterocycles. The second-order valence-electron chi connectivity index (χ2n) is 3.49. The molecule has 1 rings (SSSR count). The highest BCUT2D eigenvalue weighted by molar-refractivity contribution is 5.23. The minimum Gasteiger partial charge on any atom is -0.394 e. The van der Waals surface area contributed by atoms with Crippen LogP contribution in [0.1, 0.15) is 26.5 Å². The summed E-state index contributed by atoms with van der Waals surface area (Å²) in [5.41, 5.74) is 4.92. The van der Waals surface area contributed by atoms with Crippen LogP contribution >= 0.6 is 0 Å². The first-order valence-corrected chi connectivity index (χ1v) is 5.19. The van der Waals surface area contributed by atoms with Crippen molar-refractivity contribution in [1.29, 1.82) is 0 Å². The van der Waals surface area contributed by atoms with Crippen LogP contribution in [0.4, 0.5) is 5.82 Å². The molecule has 1 heterocycles. The molecule has 0 radical (unpaired) electrons. The number of nitrogen functional groups attached to an aromatic ring is 1. The number of aliphatic hydroxyl groups is 1. The third kappa shape index (κ3) is 3.04. The van der Waals surface area contributed by atoms with Crippen molar-refractivity contribution in [2.75, 3.05) is 12.3 Å². The third-order valence-corrected chi connectivity index (χ3v) is 2.29. The summed E-state index contributed by atoms with van der Waals surface area (Å²) in [7, 11) is 0. The van der Waals surface area contributed by atoms with E-state index >= 15 is 0 Å². The molecule has 0 aromatic carbocycles. The fraction of sp³-hybridized carbons (Fsp3) is 0.600. The fourth-order valence-corrected chi connectivity index (χ4v) is 1.32. The van der Waals surface area contributed by atoms with Gasteiger partial charge in [-0.05, 0) is 19.4 Å². The average molecular weight is 227 g/mol. The molecule has 2 unspecified atom stereocenters. The van der Waals surface area contributed by atoms with Gasteiger partial charge in [-0.3, -0.25) is 4.57 Å². The summed E-state index contributed by atoms with van der Waals surface area (Å²) in [6.45, 7) is 3.55. The van der Waals surface area contributed by atoms with Gasteiger partial charge in [0.1, 0.15) is 12.0 Å². The zero-order chi connectivity index (χ0) is 12.1.